The van der Waals surface area contributed by atoms with Crippen molar-refractivity contribution in [2.75, 3.05) is 6.61 Å². The van der Waals surface area contributed by atoms with E-state index in [2.05, 4.69) is 0 Å². The van der Waals surface area contributed by atoms with Crippen molar-refractivity contribution < 1.29 is 14.6 Å². The van der Waals surface area contributed by atoms with Crippen LogP contribution in [0.25, 0.3) is 0 Å². The maximum Gasteiger partial charge on any atom is 0.122 e. The highest BCUT2D eigenvalue weighted by Gasteiger charge is 2.13. The van der Waals surface area contributed by atoms with Crippen molar-refractivity contribution in [1.82, 2.24) is 0 Å². The fraction of sp³-hybridized carbons (Fsp3) is 0.538. The summed E-state index contributed by atoms with van der Waals surface area (Å²) in [4.78, 5) is 0. The van der Waals surface area contributed by atoms with Crippen LogP contribution in [0.5, 0.6) is 11.5 Å². The second-order valence-electron chi connectivity index (χ2n) is 3.70. The summed E-state index contributed by atoms with van der Waals surface area (Å²) in [5.41, 5.74) is 0. The van der Waals surface area contributed by atoms with E-state index in [0.29, 0.717) is 13.0 Å². The van der Waals surface area contributed by atoms with Gasteiger partial charge in [-0.3, -0.25) is 0 Å². The second kappa shape index (κ2) is 6.38. The summed E-state index contributed by atoms with van der Waals surface area (Å²) in [5, 5.41) is 9.58. The molecule has 1 aromatic carbocycles. The molecule has 0 aromatic heterocycles. The molecule has 2 unspecified atom stereocenters. The number of hydrogen-bond acceptors (Lipinski definition) is 3. The summed E-state index contributed by atoms with van der Waals surface area (Å²) in [7, 11) is 0. The van der Waals surface area contributed by atoms with Gasteiger partial charge >= 0.3 is 0 Å². The molecule has 0 fully saturated rings. The van der Waals surface area contributed by atoms with Gasteiger partial charge in [0.25, 0.3) is 0 Å². The molecule has 0 heterocycles. The summed E-state index contributed by atoms with van der Waals surface area (Å²) >= 11 is 0. The monoisotopic (exact) mass is 224 g/mol. The Morgan fingerprint density at radius 3 is 2.19 bits per heavy atom. The van der Waals surface area contributed by atoms with Crippen molar-refractivity contribution in [3.8, 4) is 11.5 Å². The Labute approximate surface area is 97.0 Å². The molecule has 0 aliphatic heterocycles. The summed E-state index contributed by atoms with van der Waals surface area (Å²) < 4.78 is 10.9. The summed E-state index contributed by atoms with van der Waals surface area (Å²) in [6, 6.07) is 7.43. The van der Waals surface area contributed by atoms with E-state index in [0.717, 1.165) is 11.5 Å². The first-order valence-electron chi connectivity index (χ1n) is 5.75. The van der Waals surface area contributed by atoms with E-state index in [1.165, 1.54) is 0 Å². The molecule has 3 heteroatoms. The first-order valence-corrected chi connectivity index (χ1v) is 5.75. The van der Waals surface area contributed by atoms with Gasteiger partial charge in [0.1, 0.15) is 17.6 Å². The molecule has 0 spiro atoms. The molecule has 90 valence electrons. The largest absolute Gasteiger partial charge is 0.494 e. The Kier molecular flexibility index (Phi) is 5.12. The van der Waals surface area contributed by atoms with Gasteiger partial charge in [0.15, 0.2) is 0 Å². The lowest BCUT2D eigenvalue weighted by molar-refractivity contribution is 0.0451. The first kappa shape index (κ1) is 12.8. The maximum absolute atomic E-state index is 9.58. The van der Waals surface area contributed by atoms with Crippen LogP contribution in [0.4, 0.5) is 0 Å². The van der Waals surface area contributed by atoms with Crippen molar-refractivity contribution >= 4 is 0 Å². The van der Waals surface area contributed by atoms with Gasteiger partial charge in [0.2, 0.25) is 0 Å². The highest BCUT2D eigenvalue weighted by atomic mass is 16.5. The molecule has 0 aliphatic rings. The second-order valence-corrected chi connectivity index (χ2v) is 3.70. The van der Waals surface area contributed by atoms with Crippen LogP contribution in [0.15, 0.2) is 24.3 Å². The Hall–Kier alpha value is -1.22. The van der Waals surface area contributed by atoms with Gasteiger partial charge in [-0.1, -0.05) is 6.92 Å². The molecule has 0 amide bonds. The Balaban J connectivity index is 2.54. The predicted molar refractivity (Wildman–Crippen MR) is 64.0 cm³/mol. The third-order valence-electron chi connectivity index (χ3n) is 2.42. The Bertz CT molecular complexity index is 295. The van der Waals surface area contributed by atoms with Gasteiger partial charge in [0.05, 0.1) is 12.7 Å². The lowest BCUT2D eigenvalue weighted by Gasteiger charge is -2.19. The minimum atomic E-state index is -0.424. The van der Waals surface area contributed by atoms with Crippen LogP contribution in [0.3, 0.4) is 0 Å². The fourth-order valence-corrected chi connectivity index (χ4v) is 1.41. The first-order chi connectivity index (χ1) is 7.67. The van der Waals surface area contributed by atoms with Gasteiger partial charge in [-0.25, -0.2) is 0 Å². The number of benzene rings is 1. The van der Waals surface area contributed by atoms with E-state index in [4.69, 9.17) is 9.47 Å². The molecule has 1 N–H and O–H groups in total. The van der Waals surface area contributed by atoms with Crippen LogP contribution >= 0.6 is 0 Å². The van der Waals surface area contributed by atoms with E-state index in [-0.39, 0.29) is 6.10 Å². The molecule has 0 bridgehead atoms. The van der Waals surface area contributed by atoms with E-state index >= 15 is 0 Å². The standard InChI is InChI=1S/C13H20O3/c1-4-13(14)10(3)16-12-8-6-11(7-9-12)15-5-2/h6-10,13-14H,4-5H2,1-3H3. The molecule has 1 aromatic rings. The van der Waals surface area contributed by atoms with Gasteiger partial charge in [-0.15, -0.1) is 0 Å². The smallest absolute Gasteiger partial charge is 0.122 e. The van der Waals surface area contributed by atoms with Gasteiger partial charge < -0.3 is 14.6 Å². The fourth-order valence-electron chi connectivity index (χ4n) is 1.41. The summed E-state index contributed by atoms with van der Waals surface area (Å²) in [6.45, 7) is 6.41. The van der Waals surface area contributed by atoms with E-state index in [9.17, 15) is 5.11 Å². The van der Waals surface area contributed by atoms with Crippen LogP contribution in [-0.2, 0) is 0 Å². The van der Waals surface area contributed by atoms with Crippen molar-refractivity contribution in [1.29, 1.82) is 0 Å². The van der Waals surface area contributed by atoms with Gasteiger partial charge in [0, 0.05) is 0 Å². The van der Waals surface area contributed by atoms with Crippen molar-refractivity contribution in [3.63, 3.8) is 0 Å². The molecule has 16 heavy (non-hydrogen) atoms. The number of aliphatic hydroxyl groups excluding tert-OH is 1. The van der Waals surface area contributed by atoms with Crippen LogP contribution in [-0.4, -0.2) is 23.9 Å². The summed E-state index contributed by atoms with van der Waals surface area (Å²) in [6.07, 6.45) is 0.0765. The van der Waals surface area contributed by atoms with Crippen LogP contribution in [0.1, 0.15) is 27.2 Å². The van der Waals surface area contributed by atoms with E-state index in [1.54, 1.807) is 0 Å². The predicted octanol–water partition coefficient (Wildman–Crippen LogP) is 2.62. The van der Waals surface area contributed by atoms with Crippen molar-refractivity contribution in [2.45, 2.75) is 39.4 Å². The highest BCUT2D eigenvalue weighted by molar-refractivity contribution is 5.31. The lowest BCUT2D eigenvalue weighted by atomic mass is 10.2. The quantitative estimate of drug-likeness (QED) is 0.807. The highest BCUT2D eigenvalue weighted by Crippen LogP contribution is 2.19. The minimum absolute atomic E-state index is 0.192. The zero-order valence-corrected chi connectivity index (χ0v) is 10.1. The van der Waals surface area contributed by atoms with Crippen molar-refractivity contribution in [3.05, 3.63) is 24.3 Å². The Morgan fingerprint density at radius 2 is 1.69 bits per heavy atom. The molecule has 0 aliphatic carbocycles. The molecule has 3 nitrogen and oxygen atoms in total. The molecule has 1 rings (SSSR count). The molecule has 0 saturated heterocycles. The van der Waals surface area contributed by atoms with Gasteiger partial charge in [-0.2, -0.15) is 0 Å². The molecule has 0 saturated carbocycles. The number of ether oxygens (including phenoxy) is 2. The third kappa shape index (κ3) is 3.74. The average Bonchev–Trinajstić information content (AvgIpc) is 2.31. The molecule has 0 radical (unpaired) electrons. The topological polar surface area (TPSA) is 38.7 Å². The lowest BCUT2D eigenvalue weighted by Crippen LogP contribution is -2.27. The third-order valence-corrected chi connectivity index (χ3v) is 2.42. The number of aliphatic hydroxyl groups is 1. The minimum Gasteiger partial charge on any atom is -0.494 e. The molecular formula is C13H20O3. The zero-order valence-electron chi connectivity index (χ0n) is 10.1. The SMILES string of the molecule is CCOc1ccc(OC(C)C(O)CC)cc1. The molecular weight excluding hydrogens is 204 g/mol. The normalized spacial score (nSPS) is 14.2. The van der Waals surface area contributed by atoms with Gasteiger partial charge in [-0.05, 0) is 44.5 Å². The van der Waals surface area contributed by atoms with Crippen LogP contribution in [0.2, 0.25) is 0 Å². The Morgan fingerprint density at radius 1 is 1.12 bits per heavy atom. The average molecular weight is 224 g/mol. The number of rotatable bonds is 6. The zero-order chi connectivity index (χ0) is 12.0. The molecule has 2 atom stereocenters. The van der Waals surface area contributed by atoms with Crippen LogP contribution in [0, 0.1) is 0 Å². The maximum atomic E-state index is 9.58. The van der Waals surface area contributed by atoms with E-state index in [1.807, 2.05) is 45.0 Å². The summed E-state index contributed by atoms with van der Waals surface area (Å²) in [5.74, 6) is 1.59. The number of hydrogen-bond donors (Lipinski definition) is 1. The van der Waals surface area contributed by atoms with Crippen LogP contribution < -0.4 is 9.47 Å². The van der Waals surface area contributed by atoms with E-state index < -0.39 is 6.10 Å². The van der Waals surface area contributed by atoms with Crippen molar-refractivity contribution in [2.24, 2.45) is 0 Å².